The first kappa shape index (κ1) is 13.5. The van der Waals surface area contributed by atoms with Gasteiger partial charge in [-0.1, -0.05) is 30.7 Å². The van der Waals surface area contributed by atoms with E-state index in [1.807, 2.05) is 13.8 Å². The van der Waals surface area contributed by atoms with E-state index < -0.39 is 0 Å². The SMILES string of the molecule is COC(C)(C)C(NN)c1cccc(C2CCC2)c1. The molecule has 2 rings (SSSR count). The quantitative estimate of drug-likeness (QED) is 0.622. The lowest BCUT2D eigenvalue weighted by Crippen LogP contribution is -2.44. The molecule has 0 aromatic heterocycles. The van der Waals surface area contributed by atoms with Gasteiger partial charge in [-0.05, 0) is 43.7 Å². The molecule has 3 nitrogen and oxygen atoms in total. The van der Waals surface area contributed by atoms with Gasteiger partial charge in [0.05, 0.1) is 11.6 Å². The molecule has 0 heterocycles. The number of ether oxygens (including phenoxy) is 1. The highest BCUT2D eigenvalue weighted by atomic mass is 16.5. The number of hydrogen-bond donors (Lipinski definition) is 2. The predicted octanol–water partition coefficient (Wildman–Crippen LogP) is 2.88. The molecule has 1 aromatic rings. The Bertz CT molecular complexity index is 399. The van der Waals surface area contributed by atoms with Gasteiger partial charge in [0.2, 0.25) is 0 Å². The highest BCUT2D eigenvalue weighted by Crippen LogP contribution is 2.38. The topological polar surface area (TPSA) is 47.3 Å². The smallest absolute Gasteiger partial charge is 0.0829 e. The second-order valence-corrected chi connectivity index (χ2v) is 5.71. The summed E-state index contributed by atoms with van der Waals surface area (Å²) in [6, 6.07) is 8.74. The lowest BCUT2D eigenvalue weighted by Gasteiger charge is -2.34. The summed E-state index contributed by atoms with van der Waals surface area (Å²) in [5, 5.41) is 0. The standard InChI is InChI=1S/C15H24N2O/c1-15(2,18-3)14(17-16)13-9-5-8-12(10-13)11-6-4-7-11/h5,8-11,14,17H,4,6-7,16H2,1-3H3. The van der Waals surface area contributed by atoms with Crippen molar-refractivity contribution in [3.8, 4) is 0 Å². The van der Waals surface area contributed by atoms with Crippen LogP contribution in [0.4, 0.5) is 0 Å². The Morgan fingerprint density at radius 2 is 2.11 bits per heavy atom. The van der Waals surface area contributed by atoms with Crippen molar-refractivity contribution in [3.05, 3.63) is 35.4 Å². The van der Waals surface area contributed by atoms with Gasteiger partial charge in [0.15, 0.2) is 0 Å². The number of nitrogens with two attached hydrogens (primary N) is 1. The minimum Gasteiger partial charge on any atom is -0.377 e. The average Bonchev–Trinajstić information content (AvgIpc) is 2.28. The normalized spacial score (nSPS) is 18.4. The minimum atomic E-state index is -0.326. The third-order valence-corrected chi connectivity index (χ3v) is 4.21. The maximum atomic E-state index is 5.71. The lowest BCUT2D eigenvalue weighted by molar-refractivity contribution is -0.0111. The van der Waals surface area contributed by atoms with Crippen LogP contribution in [-0.4, -0.2) is 12.7 Å². The molecule has 1 atom stereocenters. The van der Waals surface area contributed by atoms with Crippen LogP contribution in [0.1, 0.15) is 56.2 Å². The fourth-order valence-electron chi connectivity index (χ4n) is 2.55. The van der Waals surface area contributed by atoms with Crippen molar-refractivity contribution in [1.29, 1.82) is 0 Å². The molecular formula is C15H24N2O. The second kappa shape index (κ2) is 5.39. The molecule has 100 valence electrons. The summed E-state index contributed by atoms with van der Waals surface area (Å²) in [5.74, 6) is 6.45. The van der Waals surface area contributed by atoms with E-state index in [0.717, 1.165) is 5.92 Å². The van der Waals surface area contributed by atoms with E-state index in [1.165, 1.54) is 30.4 Å². The van der Waals surface area contributed by atoms with Crippen molar-refractivity contribution in [2.45, 2.75) is 50.7 Å². The fourth-order valence-corrected chi connectivity index (χ4v) is 2.55. The Balaban J connectivity index is 2.25. The van der Waals surface area contributed by atoms with Crippen molar-refractivity contribution in [2.24, 2.45) is 5.84 Å². The first-order chi connectivity index (χ1) is 8.58. The molecule has 1 aliphatic carbocycles. The zero-order valence-electron chi connectivity index (χ0n) is 11.6. The van der Waals surface area contributed by atoms with E-state index >= 15 is 0 Å². The molecule has 0 bridgehead atoms. The zero-order chi connectivity index (χ0) is 13.2. The maximum Gasteiger partial charge on any atom is 0.0829 e. The van der Waals surface area contributed by atoms with Crippen molar-refractivity contribution in [1.82, 2.24) is 5.43 Å². The van der Waals surface area contributed by atoms with Crippen LogP contribution in [-0.2, 0) is 4.74 Å². The summed E-state index contributed by atoms with van der Waals surface area (Å²) in [6.45, 7) is 4.10. The van der Waals surface area contributed by atoms with Gasteiger partial charge in [-0.3, -0.25) is 11.3 Å². The largest absolute Gasteiger partial charge is 0.377 e. The molecule has 1 unspecified atom stereocenters. The molecule has 0 radical (unpaired) electrons. The van der Waals surface area contributed by atoms with Gasteiger partial charge in [0.1, 0.15) is 0 Å². The molecule has 18 heavy (non-hydrogen) atoms. The monoisotopic (exact) mass is 248 g/mol. The molecule has 0 saturated heterocycles. The molecule has 1 fully saturated rings. The van der Waals surface area contributed by atoms with Crippen LogP contribution in [0.3, 0.4) is 0 Å². The van der Waals surface area contributed by atoms with E-state index in [2.05, 4.69) is 29.7 Å². The maximum absolute atomic E-state index is 5.71. The van der Waals surface area contributed by atoms with Crippen LogP contribution in [0.25, 0.3) is 0 Å². The Kier molecular flexibility index (Phi) is 4.05. The van der Waals surface area contributed by atoms with E-state index in [0.29, 0.717) is 0 Å². The van der Waals surface area contributed by atoms with Gasteiger partial charge in [-0.2, -0.15) is 0 Å². The highest BCUT2D eigenvalue weighted by molar-refractivity contribution is 5.31. The van der Waals surface area contributed by atoms with Crippen LogP contribution >= 0.6 is 0 Å². The molecule has 0 amide bonds. The molecule has 3 N–H and O–H groups in total. The molecule has 1 aliphatic rings. The summed E-state index contributed by atoms with van der Waals surface area (Å²) >= 11 is 0. The molecule has 0 spiro atoms. The van der Waals surface area contributed by atoms with Crippen molar-refractivity contribution in [3.63, 3.8) is 0 Å². The van der Waals surface area contributed by atoms with Crippen LogP contribution < -0.4 is 11.3 Å². The third-order valence-electron chi connectivity index (χ3n) is 4.21. The fraction of sp³-hybridized carbons (Fsp3) is 0.600. The number of methoxy groups -OCH3 is 1. The van der Waals surface area contributed by atoms with Crippen molar-refractivity contribution in [2.75, 3.05) is 7.11 Å². The summed E-state index contributed by atoms with van der Waals surface area (Å²) < 4.78 is 5.54. The predicted molar refractivity (Wildman–Crippen MR) is 74.2 cm³/mol. The minimum absolute atomic E-state index is 0.00234. The van der Waals surface area contributed by atoms with Gasteiger partial charge in [0, 0.05) is 7.11 Å². The van der Waals surface area contributed by atoms with Crippen LogP contribution in [0.5, 0.6) is 0 Å². The van der Waals surface area contributed by atoms with E-state index in [-0.39, 0.29) is 11.6 Å². The van der Waals surface area contributed by atoms with Crippen molar-refractivity contribution >= 4 is 0 Å². The highest BCUT2D eigenvalue weighted by Gasteiger charge is 2.30. The summed E-state index contributed by atoms with van der Waals surface area (Å²) in [4.78, 5) is 0. The number of nitrogens with one attached hydrogen (secondary N) is 1. The average molecular weight is 248 g/mol. The number of hydrogen-bond acceptors (Lipinski definition) is 3. The van der Waals surface area contributed by atoms with Crippen LogP contribution in [0.15, 0.2) is 24.3 Å². The van der Waals surface area contributed by atoms with Gasteiger partial charge >= 0.3 is 0 Å². The first-order valence-electron chi connectivity index (χ1n) is 6.69. The van der Waals surface area contributed by atoms with Gasteiger partial charge in [-0.25, -0.2) is 0 Å². The van der Waals surface area contributed by atoms with Crippen LogP contribution in [0.2, 0.25) is 0 Å². The van der Waals surface area contributed by atoms with Gasteiger partial charge in [-0.15, -0.1) is 0 Å². The van der Waals surface area contributed by atoms with Gasteiger partial charge < -0.3 is 4.74 Å². The number of rotatable bonds is 5. The number of hydrazine groups is 1. The Hall–Kier alpha value is -0.900. The molecular weight excluding hydrogens is 224 g/mol. The molecule has 0 aliphatic heterocycles. The molecule has 3 heteroatoms. The summed E-state index contributed by atoms with van der Waals surface area (Å²) in [7, 11) is 1.72. The van der Waals surface area contributed by atoms with Gasteiger partial charge in [0.25, 0.3) is 0 Å². The first-order valence-corrected chi connectivity index (χ1v) is 6.69. The molecule has 1 aromatic carbocycles. The second-order valence-electron chi connectivity index (χ2n) is 5.71. The Morgan fingerprint density at radius 1 is 1.39 bits per heavy atom. The van der Waals surface area contributed by atoms with Crippen LogP contribution in [0, 0.1) is 0 Å². The summed E-state index contributed by atoms with van der Waals surface area (Å²) in [5.41, 5.74) is 5.20. The van der Waals surface area contributed by atoms with Crippen molar-refractivity contribution < 1.29 is 4.74 Å². The Labute approximate surface area is 110 Å². The van der Waals surface area contributed by atoms with E-state index in [4.69, 9.17) is 10.6 Å². The Morgan fingerprint density at radius 3 is 2.61 bits per heavy atom. The van der Waals surface area contributed by atoms with E-state index in [9.17, 15) is 0 Å². The summed E-state index contributed by atoms with van der Waals surface area (Å²) in [6.07, 6.45) is 3.99. The van der Waals surface area contributed by atoms with E-state index in [1.54, 1.807) is 7.11 Å². The number of benzene rings is 1. The lowest BCUT2D eigenvalue weighted by atomic mass is 9.79. The zero-order valence-corrected chi connectivity index (χ0v) is 11.6. The molecule has 1 saturated carbocycles. The third kappa shape index (κ3) is 2.58.